The first-order valence-corrected chi connectivity index (χ1v) is 8.23. The van der Waals surface area contributed by atoms with E-state index in [0.717, 1.165) is 17.8 Å². The van der Waals surface area contributed by atoms with E-state index in [1.807, 2.05) is 36.4 Å². The van der Waals surface area contributed by atoms with Gasteiger partial charge in [0.1, 0.15) is 0 Å². The van der Waals surface area contributed by atoms with Gasteiger partial charge in [0.05, 0.1) is 6.04 Å². The maximum atomic E-state index is 11.7. The van der Waals surface area contributed by atoms with Gasteiger partial charge in [0, 0.05) is 30.5 Å². The van der Waals surface area contributed by atoms with Crippen molar-refractivity contribution in [2.45, 2.75) is 12.5 Å². The summed E-state index contributed by atoms with van der Waals surface area (Å²) < 4.78 is 0. The molecule has 0 aliphatic carbocycles. The highest BCUT2D eigenvalue weighted by Crippen LogP contribution is 2.33. The molecule has 2 aromatic rings. The summed E-state index contributed by atoms with van der Waals surface area (Å²) in [7, 11) is 1.62. The zero-order valence-corrected chi connectivity index (χ0v) is 14.2. The van der Waals surface area contributed by atoms with Crippen LogP contribution in [0, 0.1) is 0 Å². The zero-order valence-electron chi connectivity index (χ0n) is 14.2. The van der Waals surface area contributed by atoms with E-state index >= 15 is 0 Å². The molecule has 1 unspecified atom stereocenters. The molecule has 2 amide bonds. The van der Waals surface area contributed by atoms with Gasteiger partial charge in [-0.05, 0) is 48.4 Å². The molecule has 128 valence electrons. The Bertz CT molecular complexity index is 799. The third kappa shape index (κ3) is 3.55. The summed E-state index contributed by atoms with van der Waals surface area (Å²) in [5.41, 5.74) is 3.91. The molecule has 0 spiro atoms. The SMILES string of the molecule is C=CC(=O)NC1Cc2ccccc2N(c2ccc(C(=O)NC)cc2)C1. The molecule has 25 heavy (non-hydrogen) atoms. The van der Waals surface area contributed by atoms with Gasteiger partial charge in [-0.2, -0.15) is 0 Å². The van der Waals surface area contributed by atoms with Crippen molar-refractivity contribution >= 4 is 23.2 Å². The van der Waals surface area contributed by atoms with Crippen LogP contribution in [-0.4, -0.2) is 31.4 Å². The predicted molar refractivity (Wildman–Crippen MR) is 99.1 cm³/mol. The topological polar surface area (TPSA) is 61.4 Å². The second-order valence-electron chi connectivity index (χ2n) is 5.98. The molecule has 0 fully saturated rings. The van der Waals surface area contributed by atoms with Gasteiger partial charge in [-0.15, -0.1) is 0 Å². The summed E-state index contributed by atoms with van der Waals surface area (Å²) in [4.78, 5) is 25.6. The molecule has 0 aromatic heterocycles. The van der Waals surface area contributed by atoms with Crippen LogP contribution in [0.1, 0.15) is 15.9 Å². The quantitative estimate of drug-likeness (QED) is 0.844. The number of carbonyl (C=O) groups is 2. The molecule has 0 saturated carbocycles. The minimum absolute atomic E-state index is 0.000910. The lowest BCUT2D eigenvalue weighted by atomic mass is 9.97. The number of hydrogen-bond donors (Lipinski definition) is 2. The van der Waals surface area contributed by atoms with E-state index in [1.165, 1.54) is 11.6 Å². The van der Waals surface area contributed by atoms with Crippen molar-refractivity contribution in [3.8, 4) is 0 Å². The van der Waals surface area contributed by atoms with Gasteiger partial charge in [0.25, 0.3) is 5.91 Å². The minimum Gasteiger partial charge on any atom is -0.355 e. The Morgan fingerprint density at radius 3 is 2.56 bits per heavy atom. The van der Waals surface area contributed by atoms with Crippen molar-refractivity contribution in [2.75, 3.05) is 18.5 Å². The fraction of sp³-hybridized carbons (Fsp3) is 0.200. The van der Waals surface area contributed by atoms with Crippen molar-refractivity contribution in [3.63, 3.8) is 0 Å². The van der Waals surface area contributed by atoms with E-state index in [0.29, 0.717) is 12.1 Å². The number of benzene rings is 2. The highest BCUT2D eigenvalue weighted by molar-refractivity contribution is 5.94. The first kappa shape index (κ1) is 16.8. The first-order chi connectivity index (χ1) is 12.1. The van der Waals surface area contributed by atoms with Crippen LogP contribution >= 0.6 is 0 Å². The number of anilines is 2. The molecule has 3 rings (SSSR count). The van der Waals surface area contributed by atoms with Gasteiger partial charge < -0.3 is 15.5 Å². The molecule has 2 N–H and O–H groups in total. The van der Waals surface area contributed by atoms with E-state index in [4.69, 9.17) is 0 Å². The Kier molecular flexibility index (Phi) is 4.84. The lowest BCUT2D eigenvalue weighted by Crippen LogP contribution is -2.46. The van der Waals surface area contributed by atoms with E-state index in [1.54, 1.807) is 7.05 Å². The average Bonchev–Trinajstić information content (AvgIpc) is 2.66. The monoisotopic (exact) mass is 335 g/mol. The Morgan fingerprint density at radius 2 is 1.88 bits per heavy atom. The van der Waals surface area contributed by atoms with Gasteiger partial charge >= 0.3 is 0 Å². The molecule has 0 radical (unpaired) electrons. The van der Waals surface area contributed by atoms with Crippen molar-refractivity contribution in [1.29, 1.82) is 0 Å². The minimum atomic E-state index is -0.167. The number of carbonyl (C=O) groups excluding carboxylic acids is 2. The van der Waals surface area contributed by atoms with Crippen LogP contribution in [0.4, 0.5) is 11.4 Å². The lowest BCUT2D eigenvalue weighted by molar-refractivity contribution is -0.117. The molecule has 1 atom stereocenters. The second kappa shape index (κ2) is 7.21. The number of nitrogens with zero attached hydrogens (tertiary/aromatic N) is 1. The standard InChI is InChI=1S/C20H21N3O2/c1-3-19(24)22-16-12-15-6-4-5-7-18(15)23(13-16)17-10-8-14(9-11-17)20(25)21-2/h3-11,16H,1,12-13H2,2H3,(H,21,25)(H,22,24). The van der Waals surface area contributed by atoms with Crippen LogP contribution in [0.2, 0.25) is 0 Å². The Labute approximate surface area is 147 Å². The van der Waals surface area contributed by atoms with Gasteiger partial charge in [0.2, 0.25) is 5.91 Å². The molecule has 1 aliphatic rings. The molecule has 0 bridgehead atoms. The highest BCUT2D eigenvalue weighted by Gasteiger charge is 2.26. The number of hydrogen-bond acceptors (Lipinski definition) is 3. The second-order valence-corrected chi connectivity index (χ2v) is 5.98. The number of rotatable bonds is 4. The molecule has 2 aromatic carbocycles. The maximum Gasteiger partial charge on any atom is 0.251 e. The fourth-order valence-corrected chi connectivity index (χ4v) is 3.13. The third-order valence-corrected chi connectivity index (χ3v) is 4.35. The van der Waals surface area contributed by atoms with Crippen molar-refractivity contribution < 1.29 is 9.59 Å². The highest BCUT2D eigenvalue weighted by atomic mass is 16.2. The van der Waals surface area contributed by atoms with Crippen molar-refractivity contribution in [2.24, 2.45) is 0 Å². The van der Waals surface area contributed by atoms with Gasteiger partial charge in [0.15, 0.2) is 0 Å². The summed E-state index contributed by atoms with van der Waals surface area (Å²) in [5.74, 6) is -0.277. The molecule has 5 heteroatoms. The molecular formula is C20H21N3O2. The third-order valence-electron chi connectivity index (χ3n) is 4.35. The van der Waals surface area contributed by atoms with E-state index in [2.05, 4.69) is 34.2 Å². The molecule has 0 saturated heterocycles. The Balaban J connectivity index is 1.91. The van der Waals surface area contributed by atoms with Crippen LogP contribution in [0.5, 0.6) is 0 Å². The molecular weight excluding hydrogens is 314 g/mol. The first-order valence-electron chi connectivity index (χ1n) is 8.23. The summed E-state index contributed by atoms with van der Waals surface area (Å²) in [6, 6.07) is 15.6. The van der Waals surface area contributed by atoms with Crippen molar-refractivity contribution in [3.05, 3.63) is 72.3 Å². The van der Waals surface area contributed by atoms with E-state index < -0.39 is 0 Å². The van der Waals surface area contributed by atoms with Gasteiger partial charge in [-0.25, -0.2) is 0 Å². The van der Waals surface area contributed by atoms with Crippen LogP contribution < -0.4 is 15.5 Å². The number of amides is 2. The number of para-hydroxylation sites is 1. The van der Waals surface area contributed by atoms with Crippen LogP contribution in [0.3, 0.4) is 0 Å². The zero-order chi connectivity index (χ0) is 17.8. The van der Waals surface area contributed by atoms with Crippen molar-refractivity contribution in [1.82, 2.24) is 10.6 Å². The summed E-state index contributed by atoms with van der Waals surface area (Å²) in [6.07, 6.45) is 2.07. The summed E-state index contributed by atoms with van der Waals surface area (Å²) >= 11 is 0. The predicted octanol–water partition coefficient (Wildman–Crippen LogP) is 2.41. The van der Waals surface area contributed by atoms with Crippen LogP contribution in [0.25, 0.3) is 0 Å². The average molecular weight is 335 g/mol. The van der Waals surface area contributed by atoms with Gasteiger partial charge in [-0.3, -0.25) is 9.59 Å². The Hall–Kier alpha value is -3.08. The van der Waals surface area contributed by atoms with E-state index in [-0.39, 0.29) is 17.9 Å². The van der Waals surface area contributed by atoms with E-state index in [9.17, 15) is 9.59 Å². The fourth-order valence-electron chi connectivity index (χ4n) is 3.13. The summed E-state index contributed by atoms with van der Waals surface area (Å²) in [5, 5.41) is 5.61. The molecule has 1 aliphatic heterocycles. The largest absolute Gasteiger partial charge is 0.355 e. The smallest absolute Gasteiger partial charge is 0.251 e. The van der Waals surface area contributed by atoms with Gasteiger partial charge in [-0.1, -0.05) is 24.8 Å². The molecule has 5 nitrogen and oxygen atoms in total. The lowest BCUT2D eigenvalue weighted by Gasteiger charge is -2.36. The van der Waals surface area contributed by atoms with Crippen LogP contribution in [-0.2, 0) is 11.2 Å². The maximum absolute atomic E-state index is 11.7. The normalized spacial score (nSPS) is 15.9. The number of fused-ring (bicyclic) bond motifs is 1. The number of nitrogens with one attached hydrogen (secondary N) is 2. The summed E-state index contributed by atoms with van der Waals surface area (Å²) in [6.45, 7) is 4.18. The molecule has 1 heterocycles. The van der Waals surface area contributed by atoms with Crippen LogP contribution in [0.15, 0.2) is 61.2 Å². The Morgan fingerprint density at radius 1 is 1.16 bits per heavy atom.